The van der Waals surface area contributed by atoms with Gasteiger partial charge in [0, 0.05) is 28.2 Å². The Morgan fingerprint density at radius 2 is 1.50 bits per heavy atom. The zero-order valence-corrected chi connectivity index (χ0v) is 18.2. The molecule has 0 saturated carbocycles. The number of rotatable bonds is 5. The third kappa shape index (κ3) is 4.44. The Morgan fingerprint density at radius 3 is 2.16 bits per heavy atom. The van der Waals surface area contributed by atoms with Gasteiger partial charge in [-0.25, -0.2) is 4.68 Å². The second-order valence-electron chi connectivity index (χ2n) is 7.64. The van der Waals surface area contributed by atoms with Gasteiger partial charge in [0.15, 0.2) is 0 Å². The summed E-state index contributed by atoms with van der Waals surface area (Å²) < 4.78 is 1.84. The SMILES string of the molecule is Cc1cc(C)n(-c2ccc(C(=O)Nc3cccc(C(=O)Nc4ccccc4)c3C)cc2)n1. The Balaban J connectivity index is 1.50. The molecule has 160 valence electrons. The predicted octanol–water partition coefficient (Wildman–Crippen LogP) is 5.30. The molecule has 0 fully saturated rings. The average Bonchev–Trinajstić information content (AvgIpc) is 3.13. The summed E-state index contributed by atoms with van der Waals surface area (Å²) in [6.07, 6.45) is 0. The molecular formula is C26H24N4O2. The first kappa shape index (κ1) is 21.1. The number of para-hydroxylation sites is 1. The van der Waals surface area contributed by atoms with Crippen LogP contribution < -0.4 is 10.6 Å². The van der Waals surface area contributed by atoms with E-state index in [4.69, 9.17) is 0 Å². The van der Waals surface area contributed by atoms with E-state index in [-0.39, 0.29) is 11.8 Å². The van der Waals surface area contributed by atoms with Crippen LogP contribution >= 0.6 is 0 Å². The van der Waals surface area contributed by atoms with Gasteiger partial charge >= 0.3 is 0 Å². The van der Waals surface area contributed by atoms with E-state index < -0.39 is 0 Å². The molecular weight excluding hydrogens is 400 g/mol. The van der Waals surface area contributed by atoms with Crippen LogP contribution in [0.2, 0.25) is 0 Å². The van der Waals surface area contributed by atoms with Crippen LogP contribution in [0.4, 0.5) is 11.4 Å². The fourth-order valence-electron chi connectivity index (χ4n) is 3.58. The molecule has 0 atom stereocenters. The summed E-state index contributed by atoms with van der Waals surface area (Å²) >= 11 is 0. The minimum Gasteiger partial charge on any atom is -0.322 e. The molecule has 0 unspecified atom stereocenters. The van der Waals surface area contributed by atoms with Crippen molar-refractivity contribution in [2.24, 2.45) is 0 Å². The second-order valence-corrected chi connectivity index (χ2v) is 7.64. The fraction of sp³-hybridized carbons (Fsp3) is 0.115. The van der Waals surface area contributed by atoms with Crippen molar-refractivity contribution < 1.29 is 9.59 Å². The summed E-state index contributed by atoms with van der Waals surface area (Å²) in [5.74, 6) is -0.465. The van der Waals surface area contributed by atoms with Gasteiger partial charge in [0.05, 0.1) is 11.4 Å². The van der Waals surface area contributed by atoms with Gasteiger partial charge in [0.25, 0.3) is 11.8 Å². The summed E-state index contributed by atoms with van der Waals surface area (Å²) in [7, 11) is 0. The largest absolute Gasteiger partial charge is 0.322 e. The van der Waals surface area contributed by atoms with Crippen LogP contribution in [0.25, 0.3) is 5.69 Å². The minimum atomic E-state index is -0.242. The molecule has 0 saturated heterocycles. The number of carbonyl (C=O) groups is 2. The molecule has 0 aliphatic heterocycles. The van der Waals surface area contributed by atoms with Gasteiger partial charge in [0.2, 0.25) is 0 Å². The van der Waals surface area contributed by atoms with E-state index in [9.17, 15) is 9.59 Å². The third-order valence-corrected chi connectivity index (χ3v) is 5.24. The molecule has 6 heteroatoms. The highest BCUT2D eigenvalue weighted by Gasteiger charge is 2.15. The Kier molecular flexibility index (Phi) is 5.85. The molecule has 0 spiro atoms. The van der Waals surface area contributed by atoms with Crippen molar-refractivity contribution in [3.05, 3.63) is 107 Å². The number of nitrogens with zero attached hydrogens (tertiary/aromatic N) is 2. The van der Waals surface area contributed by atoms with Crippen molar-refractivity contribution >= 4 is 23.2 Å². The van der Waals surface area contributed by atoms with E-state index in [2.05, 4.69) is 15.7 Å². The van der Waals surface area contributed by atoms with Gasteiger partial charge < -0.3 is 10.6 Å². The number of hydrogen-bond donors (Lipinski definition) is 2. The highest BCUT2D eigenvalue weighted by Crippen LogP contribution is 2.22. The summed E-state index contributed by atoms with van der Waals surface area (Å²) in [4.78, 5) is 25.5. The number of aromatic nitrogens is 2. The molecule has 3 aromatic carbocycles. The number of carbonyl (C=O) groups excluding carboxylic acids is 2. The summed E-state index contributed by atoms with van der Waals surface area (Å²) in [6, 6.07) is 23.8. The van der Waals surface area contributed by atoms with Crippen molar-refractivity contribution in [2.75, 3.05) is 10.6 Å². The third-order valence-electron chi connectivity index (χ3n) is 5.24. The van der Waals surface area contributed by atoms with Crippen LogP contribution in [0.15, 0.2) is 78.9 Å². The van der Waals surface area contributed by atoms with E-state index in [1.54, 1.807) is 30.3 Å². The maximum Gasteiger partial charge on any atom is 0.256 e. The van der Waals surface area contributed by atoms with Crippen molar-refractivity contribution in [1.29, 1.82) is 0 Å². The van der Waals surface area contributed by atoms with Gasteiger partial charge in [-0.3, -0.25) is 9.59 Å². The average molecular weight is 425 g/mol. The summed E-state index contributed by atoms with van der Waals surface area (Å²) in [6.45, 7) is 5.76. The Hall–Kier alpha value is -4.19. The minimum absolute atomic E-state index is 0.223. The molecule has 4 rings (SSSR count). The maximum absolute atomic E-state index is 12.8. The lowest BCUT2D eigenvalue weighted by molar-refractivity contribution is 0.101. The van der Waals surface area contributed by atoms with Gasteiger partial charge in [-0.05, 0) is 80.9 Å². The zero-order chi connectivity index (χ0) is 22.7. The van der Waals surface area contributed by atoms with E-state index in [0.29, 0.717) is 28.1 Å². The van der Waals surface area contributed by atoms with Crippen LogP contribution in [-0.2, 0) is 0 Å². The maximum atomic E-state index is 12.8. The Labute approximate surface area is 186 Å². The topological polar surface area (TPSA) is 76.0 Å². The molecule has 0 aliphatic rings. The molecule has 1 aromatic heterocycles. The number of nitrogens with one attached hydrogen (secondary N) is 2. The molecule has 2 N–H and O–H groups in total. The number of benzene rings is 3. The highest BCUT2D eigenvalue weighted by atomic mass is 16.2. The lowest BCUT2D eigenvalue weighted by atomic mass is 10.1. The first-order valence-electron chi connectivity index (χ1n) is 10.3. The lowest BCUT2D eigenvalue weighted by Gasteiger charge is -2.13. The van der Waals surface area contributed by atoms with Gasteiger partial charge in [-0.2, -0.15) is 5.10 Å². The molecule has 0 aliphatic carbocycles. The molecule has 1 heterocycles. The van der Waals surface area contributed by atoms with E-state index in [1.807, 2.05) is 74.0 Å². The van der Waals surface area contributed by atoms with Gasteiger partial charge in [-0.15, -0.1) is 0 Å². The molecule has 4 aromatic rings. The number of aryl methyl sites for hydroxylation is 2. The predicted molar refractivity (Wildman–Crippen MR) is 127 cm³/mol. The zero-order valence-electron chi connectivity index (χ0n) is 18.2. The molecule has 0 radical (unpaired) electrons. The summed E-state index contributed by atoms with van der Waals surface area (Å²) in [5.41, 5.74) is 5.90. The number of hydrogen-bond acceptors (Lipinski definition) is 3. The van der Waals surface area contributed by atoms with Crippen LogP contribution in [0.3, 0.4) is 0 Å². The molecule has 2 amide bonds. The van der Waals surface area contributed by atoms with Gasteiger partial charge in [0.1, 0.15) is 0 Å². The standard InChI is InChI=1S/C26H24N4O2/c1-17-16-18(2)30(29-17)22-14-12-20(13-15-22)25(31)28-24-11-7-10-23(19(24)3)26(32)27-21-8-5-4-6-9-21/h4-16H,1-3H3,(H,27,32)(H,28,31). The number of anilines is 2. The Bertz CT molecular complexity index is 1280. The smallest absolute Gasteiger partial charge is 0.256 e. The molecule has 6 nitrogen and oxygen atoms in total. The Morgan fingerprint density at radius 1 is 0.781 bits per heavy atom. The quantitative estimate of drug-likeness (QED) is 0.456. The van der Waals surface area contributed by atoms with Crippen LogP contribution in [-0.4, -0.2) is 21.6 Å². The van der Waals surface area contributed by atoms with Crippen molar-refractivity contribution in [3.63, 3.8) is 0 Å². The van der Waals surface area contributed by atoms with Crippen molar-refractivity contribution in [1.82, 2.24) is 9.78 Å². The lowest BCUT2D eigenvalue weighted by Crippen LogP contribution is -2.17. The van der Waals surface area contributed by atoms with Crippen molar-refractivity contribution in [2.45, 2.75) is 20.8 Å². The molecule has 0 bridgehead atoms. The van der Waals surface area contributed by atoms with Gasteiger partial charge in [-0.1, -0.05) is 24.3 Å². The van der Waals surface area contributed by atoms with E-state index in [1.165, 1.54) is 0 Å². The summed E-state index contributed by atoms with van der Waals surface area (Å²) in [5, 5.41) is 10.3. The normalized spacial score (nSPS) is 10.6. The first-order chi connectivity index (χ1) is 15.4. The van der Waals surface area contributed by atoms with E-state index in [0.717, 1.165) is 17.1 Å². The monoisotopic (exact) mass is 424 g/mol. The first-order valence-corrected chi connectivity index (χ1v) is 10.3. The van der Waals surface area contributed by atoms with Crippen LogP contribution in [0, 0.1) is 20.8 Å². The fourth-order valence-corrected chi connectivity index (χ4v) is 3.58. The molecule has 32 heavy (non-hydrogen) atoms. The van der Waals surface area contributed by atoms with E-state index >= 15 is 0 Å². The highest BCUT2D eigenvalue weighted by molar-refractivity contribution is 6.08. The second kappa shape index (κ2) is 8.89. The van der Waals surface area contributed by atoms with Crippen molar-refractivity contribution in [3.8, 4) is 5.69 Å². The van der Waals surface area contributed by atoms with Crippen LogP contribution in [0.5, 0.6) is 0 Å². The number of amides is 2. The van der Waals surface area contributed by atoms with Crippen LogP contribution in [0.1, 0.15) is 37.7 Å².